The van der Waals surface area contributed by atoms with Gasteiger partial charge in [-0.2, -0.15) is 13.2 Å². The fraction of sp³-hybridized carbons (Fsp3) is 0.353. The number of carbonyl (C=O) groups is 1. The van der Waals surface area contributed by atoms with E-state index in [1.54, 1.807) is 30.3 Å². The molecule has 7 heteroatoms. The highest BCUT2D eigenvalue weighted by molar-refractivity contribution is 6.33. The van der Waals surface area contributed by atoms with Gasteiger partial charge in [-0.05, 0) is 37.1 Å². The average molecular weight is 358 g/mol. The maximum Gasteiger partial charge on any atom is 0.393 e. The molecule has 0 aliphatic carbocycles. The van der Waals surface area contributed by atoms with E-state index in [1.807, 2.05) is 0 Å². The van der Waals surface area contributed by atoms with Gasteiger partial charge in [0.25, 0.3) is 5.91 Å². The molecule has 1 fully saturated rings. The first-order valence-corrected chi connectivity index (χ1v) is 7.95. The van der Waals surface area contributed by atoms with Crippen molar-refractivity contribution in [3.63, 3.8) is 0 Å². The van der Waals surface area contributed by atoms with Crippen LogP contribution in [0.4, 0.5) is 13.2 Å². The van der Waals surface area contributed by atoms with Crippen molar-refractivity contribution in [2.45, 2.75) is 19.0 Å². The third-order valence-electron chi connectivity index (χ3n) is 4.13. The van der Waals surface area contributed by atoms with E-state index in [-0.39, 0.29) is 18.7 Å². The van der Waals surface area contributed by atoms with Crippen molar-refractivity contribution in [2.75, 3.05) is 13.1 Å². The standard InChI is InChI=1S/C17H15ClF3NO2/c18-13-6-2-1-5-12(13)14-7-8-15(24-14)16(23)22-9-3-4-11(10-22)17(19,20)21/h1-2,5-8,11H,3-4,9-10H2/t11-/m1/s1. The summed E-state index contributed by atoms with van der Waals surface area (Å²) >= 11 is 6.09. The Morgan fingerprint density at radius 2 is 1.96 bits per heavy atom. The monoisotopic (exact) mass is 357 g/mol. The van der Waals surface area contributed by atoms with Crippen molar-refractivity contribution >= 4 is 17.5 Å². The second-order valence-electron chi connectivity index (χ2n) is 5.78. The molecule has 128 valence electrons. The Labute approximate surface area is 142 Å². The molecule has 1 aliphatic rings. The number of hydrogen-bond acceptors (Lipinski definition) is 2. The van der Waals surface area contributed by atoms with Crippen molar-refractivity contribution in [3.8, 4) is 11.3 Å². The predicted molar refractivity (Wildman–Crippen MR) is 83.8 cm³/mol. The van der Waals surface area contributed by atoms with Crippen LogP contribution in [0.15, 0.2) is 40.8 Å². The van der Waals surface area contributed by atoms with E-state index in [4.69, 9.17) is 16.0 Å². The maximum atomic E-state index is 12.9. The number of carbonyl (C=O) groups excluding carboxylic acids is 1. The van der Waals surface area contributed by atoms with E-state index in [2.05, 4.69) is 0 Å². The van der Waals surface area contributed by atoms with Gasteiger partial charge in [-0.15, -0.1) is 0 Å². The van der Waals surface area contributed by atoms with Gasteiger partial charge in [0.05, 0.1) is 10.9 Å². The van der Waals surface area contributed by atoms with Gasteiger partial charge in [0.1, 0.15) is 5.76 Å². The summed E-state index contributed by atoms with van der Waals surface area (Å²) in [5.74, 6) is -1.57. The van der Waals surface area contributed by atoms with Gasteiger partial charge >= 0.3 is 6.18 Å². The second kappa shape index (κ2) is 6.51. The molecule has 1 amide bonds. The quantitative estimate of drug-likeness (QED) is 0.756. The summed E-state index contributed by atoms with van der Waals surface area (Å²) in [5, 5.41) is 0.473. The van der Waals surface area contributed by atoms with Crippen LogP contribution in [0.3, 0.4) is 0 Å². The highest BCUT2D eigenvalue weighted by Gasteiger charge is 2.43. The molecule has 0 N–H and O–H groups in total. The number of nitrogens with zero attached hydrogens (tertiary/aromatic N) is 1. The van der Waals surface area contributed by atoms with Crippen LogP contribution < -0.4 is 0 Å². The van der Waals surface area contributed by atoms with E-state index in [0.29, 0.717) is 29.3 Å². The normalized spacial score (nSPS) is 18.7. The molecule has 1 atom stereocenters. The minimum Gasteiger partial charge on any atom is -0.451 e. The molecular formula is C17H15ClF3NO2. The summed E-state index contributed by atoms with van der Waals surface area (Å²) in [5.41, 5.74) is 0.630. The summed E-state index contributed by atoms with van der Waals surface area (Å²) in [7, 11) is 0. The zero-order chi connectivity index (χ0) is 17.3. The number of hydrogen-bond donors (Lipinski definition) is 0. The van der Waals surface area contributed by atoms with Crippen molar-refractivity contribution in [2.24, 2.45) is 5.92 Å². The van der Waals surface area contributed by atoms with Gasteiger partial charge in [-0.3, -0.25) is 4.79 Å². The van der Waals surface area contributed by atoms with Crippen LogP contribution in [0.2, 0.25) is 5.02 Å². The van der Waals surface area contributed by atoms with Crippen molar-refractivity contribution in [1.29, 1.82) is 0 Å². The summed E-state index contributed by atoms with van der Waals surface area (Å²) in [6, 6.07) is 10.1. The van der Waals surface area contributed by atoms with E-state index in [0.717, 1.165) is 0 Å². The van der Waals surface area contributed by atoms with Gasteiger partial charge in [0, 0.05) is 18.7 Å². The molecule has 2 heterocycles. The van der Waals surface area contributed by atoms with Gasteiger partial charge in [-0.1, -0.05) is 23.7 Å². The van der Waals surface area contributed by atoms with Crippen LogP contribution >= 0.6 is 11.6 Å². The minimum absolute atomic E-state index is 0.0211. The van der Waals surface area contributed by atoms with E-state index in [9.17, 15) is 18.0 Å². The smallest absolute Gasteiger partial charge is 0.393 e. The molecule has 3 rings (SSSR count). The van der Waals surface area contributed by atoms with Crippen LogP contribution in [0, 0.1) is 5.92 Å². The van der Waals surface area contributed by atoms with Crippen LogP contribution in [-0.2, 0) is 0 Å². The SMILES string of the molecule is O=C(c1ccc(-c2ccccc2Cl)o1)N1CCC[C@@H](C(F)(F)F)C1. The summed E-state index contributed by atoms with van der Waals surface area (Å²) < 4.78 is 44.2. The zero-order valence-corrected chi connectivity index (χ0v) is 13.4. The number of furan rings is 1. The van der Waals surface area contributed by atoms with Crippen LogP contribution in [0.25, 0.3) is 11.3 Å². The Hall–Kier alpha value is -1.95. The van der Waals surface area contributed by atoms with Crippen LogP contribution in [0.5, 0.6) is 0 Å². The number of halogens is 4. The Morgan fingerprint density at radius 1 is 1.21 bits per heavy atom. The highest BCUT2D eigenvalue weighted by atomic mass is 35.5. The van der Waals surface area contributed by atoms with Crippen LogP contribution in [0.1, 0.15) is 23.4 Å². The number of likely N-dealkylation sites (tertiary alicyclic amines) is 1. The topological polar surface area (TPSA) is 33.5 Å². The zero-order valence-electron chi connectivity index (χ0n) is 12.6. The number of rotatable bonds is 2. The molecular weight excluding hydrogens is 343 g/mol. The van der Waals surface area contributed by atoms with Crippen molar-refractivity contribution in [3.05, 3.63) is 47.2 Å². The van der Waals surface area contributed by atoms with Gasteiger partial charge in [0.15, 0.2) is 5.76 Å². The van der Waals surface area contributed by atoms with Gasteiger partial charge in [-0.25, -0.2) is 0 Å². The van der Waals surface area contributed by atoms with Crippen LogP contribution in [-0.4, -0.2) is 30.1 Å². The third-order valence-corrected chi connectivity index (χ3v) is 4.46. The lowest BCUT2D eigenvalue weighted by Crippen LogP contribution is -2.44. The van der Waals surface area contributed by atoms with Crippen molar-refractivity contribution < 1.29 is 22.4 Å². The summed E-state index contributed by atoms with van der Waals surface area (Å²) in [4.78, 5) is 13.6. The summed E-state index contributed by atoms with van der Waals surface area (Å²) in [6.07, 6.45) is -3.91. The largest absolute Gasteiger partial charge is 0.451 e. The Bertz CT molecular complexity index is 741. The molecule has 3 nitrogen and oxygen atoms in total. The average Bonchev–Trinajstić information content (AvgIpc) is 3.03. The lowest BCUT2D eigenvalue weighted by atomic mass is 9.97. The summed E-state index contributed by atoms with van der Waals surface area (Å²) in [6.45, 7) is -0.0298. The predicted octanol–water partition coefficient (Wildman–Crippen LogP) is 5.01. The number of amides is 1. The van der Waals surface area contributed by atoms with E-state index in [1.165, 1.54) is 11.0 Å². The Morgan fingerprint density at radius 3 is 2.67 bits per heavy atom. The lowest BCUT2D eigenvalue weighted by Gasteiger charge is -2.33. The number of benzene rings is 1. The van der Waals surface area contributed by atoms with E-state index >= 15 is 0 Å². The molecule has 0 unspecified atom stereocenters. The molecule has 1 aliphatic heterocycles. The minimum atomic E-state index is -4.29. The second-order valence-corrected chi connectivity index (χ2v) is 6.18. The molecule has 0 radical (unpaired) electrons. The van der Waals surface area contributed by atoms with Gasteiger partial charge < -0.3 is 9.32 Å². The molecule has 0 spiro atoms. The Balaban J connectivity index is 1.78. The fourth-order valence-corrected chi connectivity index (χ4v) is 3.07. The Kier molecular flexibility index (Phi) is 4.58. The first-order chi connectivity index (χ1) is 11.4. The first kappa shape index (κ1) is 16.9. The first-order valence-electron chi connectivity index (χ1n) is 7.57. The fourth-order valence-electron chi connectivity index (χ4n) is 2.84. The molecule has 0 bridgehead atoms. The third kappa shape index (κ3) is 3.43. The van der Waals surface area contributed by atoms with E-state index < -0.39 is 18.0 Å². The molecule has 0 saturated carbocycles. The molecule has 2 aromatic rings. The molecule has 1 aromatic carbocycles. The lowest BCUT2D eigenvalue weighted by molar-refractivity contribution is -0.184. The molecule has 1 aromatic heterocycles. The maximum absolute atomic E-state index is 12.9. The number of piperidine rings is 1. The molecule has 1 saturated heterocycles. The van der Waals surface area contributed by atoms with Gasteiger partial charge in [0.2, 0.25) is 0 Å². The van der Waals surface area contributed by atoms with Crippen molar-refractivity contribution in [1.82, 2.24) is 4.90 Å². The number of alkyl halides is 3. The highest BCUT2D eigenvalue weighted by Crippen LogP contribution is 2.34. The molecule has 24 heavy (non-hydrogen) atoms.